The number of hydrogen-bond acceptors (Lipinski definition) is 6. The molecule has 1 N–H and O–H groups in total. The average molecular weight is 467 g/mol. The third kappa shape index (κ3) is 4.68. The van der Waals surface area contributed by atoms with E-state index in [1.807, 2.05) is 19.9 Å². The normalized spacial score (nSPS) is 11.1. The summed E-state index contributed by atoms with van der Waals surface area (Å²) < 4.78 is 33.4. The highest BCUT2D eigenvalue weighted by Crippen LogP contribution is 2.31. The van der Waals surface area contributed by atoms with Gasteiger partial charge >= 0.3 is 0 Å². The summed E-state index contributed by atoms with van der Waals surface area (Å²) in [5.74, 6) is -0.0911. The van der Waals surface area contributed by atoms with Crippen LogP contribution >= 0.6 is 0 Å². The lowest BCUT2D eigenvalue weighted by Crippen LogP contribution is -2.13. The Labute approximate surface area is 192 Å². The minimum absolute atomic E-state index is 0.0510. The molecule has 9 nitrogen and oxygen atoms in total. The van der Waals surface area contributed by atoms with Crippen molar-refractivity contribution in [3.8, 4) is 11.5 Å². The molecule has 0 spiro atoms. The first-order valence-corrected chi connectivity index (χ1v) is 10.1. The van der Waals surface area contributed by atoms with Crippen molar-refractivity contribution in [1.82, 2.24) is 14.6 Å². The van der Waals surface area contributed by atoms with Crippen LogP contribution in [0.2, 0.25) is 0 Å². The fraction of sp³-hybridized carbons (Fsp3) is 0.174. The summed E-state index contributed by atoms with van der Waals surface area (Å²) in [6, 6.07) is 10.5. The Morgan fingerprint density at radius 3 is 2.38 bits per heavy atom. The predicted molar refractivity (Wildman–Crippen MR) is 120 cm³/mol. The van der Waals surface area contributed by atoms with E-state index in [9.17, 15) is 23.7 Å². The van der Waals surface area contributed by atoms with Crippen LogP contribution in [0, 0.1) is 30.9 Å². The first-order chi connectivity index (χ1) is 16.1. The molecule has 2 heterocycles. The molecule has 4 rings (SSSR count). The zero-order valence-electron chi connectivity index (χ0n) is 18.4. The highest BCUT2D eigenvalue weighted by atomic mass is 19.3. The van der Waals surface area contributed by atoms with Crippen molar-refractivity contribution in [2.45, 2.75) is 27.2 Å². The van der Waals surface area contributed by atoms with E-state index >= 15 is 0 Å². The van der Waals surface area contributed by atoms with Gasteiger partial charge in [0.05, 0.1) is 22.9 Å². The number of aryl methyl sites for hydroxylation is 3. The number of rotatable bonds is 6. The number of ether oxygens (including phenoxy) is 1. The number of carbonyl (C=O) groups excluding carboxylic acids is 1. The van der Waals surface area contributed by atoms with E-state index in [0.29, 0.717) is 5.75 Å². The monoisotopic (exact) mass is 467 g/mol. The quantitative estimate of drug-likeness (QED) is 0.294. The number of anilines is 1. The first-order valence-electron chi connectivity index (χ1n) is 10.1. The number of alkyl halides is 2. The summed E-state index contributed by atoms with van der Waals surface area (Å²) >= 11 is 0. The molecule has 11 heteroatoms. The van der Waals surface area contributed by atoms with E-state index in [2.05, 4.69) is 15.4 Å². The molecule has 34 heavy (non-hydrogen) atoms. The van der Waals surface area contributed by atoms with Gasteiger partial charge in [-0.25, -0.2) is 18.3 Å². The number of fused-ring (bicyclic) bond motifs is 1. The Morgan fingerprint density at radius 2 is 1.74 bits per heavy atom. The smallest absolute Gasteiger partial charge is 0.280 e. The van der Waals surface area contributed by atoms with E-state index in [1.54, 1.807) is 12.1 Å². The zero-order chi connectivity index (χ0) is 24.6. The summed E-state index contributed by atoms with van der Waals surface area (Å²) in [7, 11) is 0. The number of carbonyl (C=O) groups is 1. The van der Waals surface area contributed by atoms with Gasteiger partial charge < -0.3 is 10.1 Å². The summed E-state index contributed by atoms with van der Waals surface area (Å²) in [5.41, 5.74) is 1.46. The lowest BCUT2D eigenvalue weighted by molar-refractivity contribution is -0.384. The second-order valence-electron chi connectivity index (χ2n) is 7.77. The van der Waals surface area contributed by atoms with Crippen molar-refractivity contribution in [2.24, 2.45) is 0 Å². The number of nitro groups is 1. The van der Waals surface area contributed by atoms with Gasteiger partial charge in [-0.15, -0.1) is 0 Å². The van der Waals surface area contributed by atoms with Gasteiger partial charge in [0.1, 0.15) is 22.8 Å². The van der Waals surface area contributed by atoms with E-state index in [-0.39, 0.29) is 34.0 Å². The standard InChI is InChI=1S/C23H19F2N5O4/c1-12-4-13(2)6-17(5-12)34-18-9-15(8-16(10-18)30(32)33)28-23(31)19-11-26-29-20(21(24)25)7-14(3)27-22(19)29/h4-11,21H,1-3H3,(H,28,31). The van der Waals surface area contributed by atoms with Gasteiger partial charge in [-0.3, -0.25) is 14.9 Å². The molecule has 2 aromatic carbocycles. The predicted octanol–water partition coefficient (Wildman–Crippen LogP) is 5.54. The Kier molecular flexibility index (Phi) is 5.93. The van der Waals surface area contributed by atoms with E-state index < -0.39 is 22.9 Å². The number of amides is 1. The average Bonchev–Trinajstić information content (AvgIpc) is 3.15. The summed E-state index contributed by atoms with van der Waals surface area (Å²) in [5, 5.41) is 17.8. The molecule has 2 aromatic heterocycles. The fourth-order valence-corrected chi connectivity index (χ4v) is 3.57. The Hall–Kier alpha value is -4.41. The molecule has 0 unspecified atom stereocenters. The van der Waals surface area contributed by atoms with Crippen LogP contribution in [0.15, 0.2) is 48.7 Å². The van der Waals surface area contributed by atoms with Crippen LogP contribution in [0.3, 0.4) is 0 Å². The number of nitrogens with one attached hydrogen (secondary N) is 1. The summed E-state index contributed by atoms with van der Waals surface area (Å²) in [4.78, 5) is 27.9. The number of non-ortho nitro benzene ring substituents is 1. The van der Waals surface area contributed by atoms with Gasteiger partial charge in [0, 0.05) is 17.8 Å². The molecular weight excluding hydrogens is 448 g/mol. The van der Waals surface area contributed by atoms with Crippen LogP contribution in [0.25, 0.3) is 5.65 Å². The second kappa shape index (κ2) is 8.85. The Balaban J connectivity index is 1.68. The van der Waals surface area contributed by atoms with Gasteiger partial charge in [0.25, 0.3) is 18.0 Å². The number of benzene rings is 2. The molecule has 0 atom stereocenters. The Bertz CT molecular complexity index is 1410. The molecule has 0 aliphatic heterocycles. The number of halogens is 2. The van der Waals surface area contributed by atoms with E-state index in [0.717, 1.165) is 21.8 Å². The van der Waals surface area contributed by atoms with Crippen LogP contribution in [0.5, 0.6) is 11.5 Å². The van der Waals surface area contributed by atoms with Crippen molar-refractivity contribution in [1.29, 1.82) is 0 Å². The second-order valence-corrected chi connectivity index (χ2v) is 7.77. The lowest BCUT2D eigenvalue weighted by atomic mass is 10.1. The van der Waals surface area contributed by atoms with Crippen LogP contribution in [0.1, 0.15) is 39.3 Å². The highest BCUT2D eigenvalue weighted by Gasteiger charge is 2.21. The van der Waals surface area contributed by atoms with Crippen molar-refractivity contribution in [3.63, 3.8) is 0 Å². The van der Waals surface area contributed by atoms with Crippen molar-refractivity contribution >= 4 is 22.9 Å². The minimum Gasteiger partial charge on any atom is -0.457 e. The first kappa shape index (κ1) is 22.8. The Morgan fingerprint density at radius 1 is 1.06 bits per heavy atom. The molecule has 0 radical (unpaired) electrons. The van der Waals surface area contributed by atoms with Gasteiger partial charge in [-0.1, -0.05) is 6.07 Å². The third-order valence-corrected chi connectivity index (χ3v) is 4.89. The maximum absolute atomic E-state index is 13.4. The molecule has 1 amide bonds. The van der Waals surface area contributed by atoms with Gasteiger partial charge in [-0.05, 0) is 50.1 Å². The van der Waals surface area contributed by atoms with Gasteiger partial charge in [0.2, 0.25) is 0 Å². The highest BCUT2D eigenvalue weighted by molar-refractivity contribution is 6.08. The molecule has 0 aliphatic carbocycles. The molecule has 174 valence electrons. The van der Waals surface area contributed by atoms with Crippen LogP contribution in [0.4, 0.5) is 20.2 Å². The van der Waals surface area contributed by atoms with Crippen LogP contribution in [-0.4, -0.2) is 25.4 Å². The number of hydrogen-bond donors (Lipinski definition) is 1. The SMILES string of the molecule is Cc1cc(C)cc(Oc2cc(NC(=O)c3cnn4c(C(F)F)cc(C)nc34)cc([N+](=O)[O-])c2)c1. The van der Waals surface area contributed by atoms with Crippen LogP contribution in [-0.2, 0) is 0 Å². The molecule has 4 aromatic rings. The number of aromatic nitrogens is 3. The van der Waals surface area contributed by atoms with Gasteiger partial charge in [-0.2, -0.15) is 5.10 Å². The lowest BCUT2D eigenvalue weighted by Gasteiger charge is -2.11. The summed E-state index contributed by atoms with van der Waals surface area (Å²) in [6.07, 6.45) is -1.70. The molecule has 0 aliphatic rings. The van der Waals surface area contributed by atoms with Crippen molar-refractivity contribution < 1.29 is 23.2 Å². The minimum atomic E-state index is -2.82. The van der Waals surface area contributed by atoms with Gasteiger partial charge in [0.15, 0.2) is 5.65 Å². The van der Waals surface area contributed by atoms with E-state index in [1.165, 1.54) is 31.2 Å². The maximum Gasteiger partial charge on any atom is 0.280 e. The maximum atomic E-state index is 13.4. The largest absolute Gasteiger partial charge is 0.457 e. The number of nitro benzene ring substituents is 1. The molecule has 0 bridgehead atoms. The van der Waals surface area contributed by atoms with Crippen molar-refractivity contribution in [3.05, 3.63) is 86.9 Å². The van der Waals surface area contributed by atoms with E-state index in [4.69, 9.17) is 4.74 Å². The molecule has 0 saturated heterocycles. The zero-order valence-corrected chi connectivity index (χ0v) is 18.4. The molecule has 0 fully saturated rings. The van der Waals surface area contributed by atoms with Crippen molar-refractivity contribution in [2.75, 3.05) is 5.32 Å². The summed E-state index contributed by atoms with van der Waals surface area (Å²) in [6.45, 7) is 5.31. The topological polar surface area (TPSA) is 112 Å². The molecular formula is C23H19F2N5O4. The number of nitrogens with zero attached hydrogens (tertiary/aromatic N) is 4. The molecule has 0 saturated carbocycles. The third-order valence-electron chi connectivity index (χ3n) is 4.89. The van der Waals surface area contributed by atoms with Crippen LogP contribution < -0.4 is 10.1 Å². The fourth-order valence-electron chi connectivity index (χ4n) is 3.57.